The van der Waals surface area contributed by atoms with Crippen molar-refractivity contribution in [1.29, 1.82) is 0 Å². The molecule has 0 N–H and O–H groups in total. The van der Waals surface area contributed by atoms with Crippen molar-refractivity contribution < 1.29 is 8.83 Å². The Balaban J connectivity index is 1.01. The molecule has 0 fully saturated rings. The summed E-state index contributed by atoms with van der Waals surface area (Å²) in [5, 5.41) is 4.32. The predicted molar refractivity (Wildman–Crippen MR) is 243 cm³/mol. The van der Waals surface area contributed by atoms with Crippen LogP contribution >= 0.6 is 0 Å². The largest absolute Gasteiger partial charge is 0.456 e. The predicted octanol–water partition coefficient (Wildman–Crippen LogP) is 14.3. The summed E-state index contributed by atoms with van der Waals surface area (Å²) in [6, 6.07) is 64.0. The molecule has 8 aromatic carbocycles. The number of nitrogens with zero attached hydrogens (tertiary/aromatic N) is 3. The number of hydrogen-bond donors (Lipinski definition) is 0. The van der Waals surface area contributed by atoms with Crippen LogP contribution in [-0.4, -0.2) is 15.0 Å². The second-order valence-electron chi connectivity index (χ2n) is 15.8. The fourth-order valence-electron chi connectivity index (χ4n) is 9.46. The van der Waals surface area contributed by atoms with E-state index in [2.05, 4.69) is 127 Å². The molecular weight excluding hydrogens is 735 g/mol. The summed E-state index contributed by atoms with van der Waals surface area (Å²) >= 11 is 0. The molecule has 0 bridgehead atoms. The first-order chi connectivity index (χ1) is 29.7. The monoisotopic (exact) mass is 771 g/mol. The van der Waals surface area contributed by atoms with Crippen molar-refractivity contribution in [2.24, 2.45) is 0 Å². The molecule has 0 saturated carbocycles. The third-order valence-electron chi connectivity index (χ3n) is 12.3. The highest BCUT2D eigenvalue weighted by molar-refractivity contribution is 6.13. The highest BCUT2D eigenvalue weighted by atomic mass is 16.3. The van der Waals surface area contributed by atoms with E-state index in [0.29, 0.717) is 23.4 Å². The lowest BCUT2D eigenvalue weighted by atomic mass is 9.81. The van der Waals surface area contributed by atoms with E-state index in [4.69, 9.17) is 23.8 Å². The number of benzene rings is 8. The summed E-state index contributed by atoms with van der Waals surface area (Å²) < 4.78 is 13.0. The maximum atomic E-state index is 6.75. The summed E-state index contributed by atoms with van der Waals surface area (Å²) in [6.07, 6.45) is 3.10. The lowest BCUT2D eigenvalue weighted by Gasteiger charge is -2.23. The Morgan fingerprint density at radius 3 is 1.77 bits per heavy atom. The van der Waals surface area contributed by atoms with Crippen molar-refractivity contribution in [3.8, 4) is 56.4 Å². The Kier molecular flexibility index (Phi) is 8.05. The van der Waals surface area contributed by atoms with Crippen LogP contribution in [0.2, 0.25) is 0 Å². The van der Waals surface area contributed by atoms with Gasteiger partial charge in [0.1, 0.15) is 22.3 Å². The lowest BCUT2D eigenvalue weighted by Crippen LogP contribution is -2.06. The molecule has 1 unspecified atom stereocenters. The molecule has 1 aliphatic carbocycles. The Morgan fingerprint density at radius 1 is 0.417 bits per heavy atom. The van der Waals surface area contributed by atoms with Gasteiger partial charge >= 0.3 is 0 Å². The van der Waals surface area contributed by atoms with Gasteiger partial charge in [0.15, 0.2) is 17.5 Å². The molecule has 0 spiro atoms. The van der Waals surface area contributed by atoms with Crippen molar-refractivity contribution in [3.05, 3.63) is 199 Å². The molecular formula is C55H37N3O2. The van der Waals surface area contributed by atoms with E-state index < -0.39 is 0 Å². The summed E-state index contributed by atoms with van der Waals surface area (Å²) in [6.45, 7) is 0. The van der Waals surface area contributed by atoms with Gasteiger partial charge in [0, 0.05) is 38.2 Å². The molecule has 0 amide bonds. The normalized spacial score (nSPS) is 13.8. The van der Waals surface area contributed by atoms with Crippen LogP contribution in [0.15, 0.2) is 191 Å². The number of furan rings is 2. The van der Waals surface area contributed by atoms with Crippen molar-refractivity contribution in [2.45, 2.75) is 25.2 Å². The summed E-state index contributed by atoms with van der Waals surface area (Å²) in [5.41, 5.74) is 15.2. The van der Waals surface area contributed by atoms with Gasteiger partial charge in [-0.15, -0.1) is 0 Å². The minimum atomic E-state index is 0.343. The van der Waals surface area contributed by atoms with Crippen LogP contribution in [-0.2, 0) is 12.8 Å². The van der Waals surface area contributed by atoms with Crippen molar-refractivity contribution in [3.63, 3.8) is 0 Å². The molecule has 3 aromatic heterocycles. The quantitative estimate of drug-likeness (QED) is 0.168. The third kappa shape index (κ3) is 5.81. The van der Waals surface area contributed by atoms with Crippen molar-refractivity contribution in [1.82, 2.24) is 15.0 Å². The Labute approximate surface area is 346 Å². The summed E-state index contributed by atoms with van der Waals surface area (Å²) in [5.74, 6) is 2.09. The number of hydrogen-bond acceptors (Lipinski definition) is 5. The molecule has 5 heteroatoms. The maximum absolute atomic E-state index is 6.75. The zero-order valence-corrected chi connectivity index (χ0v) is 32.7. The number of aromatic nitrogens is 3. The highest BCUT2D eigenvalue weighted by Crippen LogP contribution is 2.47. The second kappa shape index (κ2) is 14.0. The zero-order valence-electron chi connectivity index (χ0n) is 32.7. The zero-order chi connectivity index (χ0) is 39.6. The topological polar surface area (TPSA) is 65.0 Å². The lowest BCUT2D eigenvalue weighted by molar-refractivity contribution is 0.630. The molecule has 5 nitrogen and oxygen atoms in total. The van der Waals surface area contributed by atoms with Crippen molar-refractivity contribution in [2.75, 3.05) is 0 Å². The van der Waals surface area contributed by atoms with Crippen molar-refractivity contribution >= 4 is 43.9 Å². The second-order valence-corrected chi connectivity index (χ2v) is 15.8. The summed E-state index contributed by atoms with van der Waals surface area (Å²) in [4.78, 5) is 15.2. The first-order valence-electron chi connectivity index (χ1n) is 20.7. The molecule has 0 radical (unpaired) electrons. The van der Waals surface area contributed by atoms with Gasteiger partial charge in [-0.05, 0) is 101 Å². The Hall–Kier alpha value is -7.63. The van der Waals surface area contributed by atoms with Crippen LogP contribution in [0.5, 0.6) is 0 Å². The third-order valence-corrected chi connectivity index (χ3v) is 12.3. The van der Waals surface area contributed by atoms with E-state index >= 15 is 0 Å². The van der Waals surface area contributed by atoms with E-state index in [0.717, 1.165) is 79.8 Å². The molecule has 1 atom stereocenters. The molecule has 1 aliphatic rings. The van der Waals surface area contributed by atoms with Crippen LogP contribution in [0.3, 0.4) is 0 Å². The van der Waals surface area contributed by atoms with Crippen LogP contribution in [0.25, 0.3) is 100 Å². The van der Waals surface area contributed by atoms with Gasteiger partial charge in [-0.2, -0.15) is 0 Å². The van der Waals surface area contributed by atoms with Gasteiger partial charge in [0.25, 0.3) is 0 Å². The number of para-hydroxylation sites is 1. The minimum Gasteiger partial charge on any atom is -0.456 e. The van der Waals surface area contributed by atoms with E-state index in [1.165, 1.54) is 38.9 Å². The first-order valence-corrected chi connectivity index (χ1v) is 20.7. The SMILES string of the molecule is c1ccc(CC2CCc3ccccc3-c3cccc(-c4cccc5oc6cc(-c7nc(-c8ccccc8)nc(-c8ccc9c(c8)oc8ccccc89)n7)ccc6c45)c32)cc1. The standard InChI is InChI=1S/C55H37N3O2/c1-3-13-34(14-4-1)31-37-26-25-35-15-7-8-18-40(35)43-20-11-21-44(51(37)43)45-22-12-24-48-52(45)46-30-28-39(33-50(46)60-48)55-57-53(36-16-5-2-6-17-36)56-54(58-55)38-27-29-42-41-19-9-10-23-47(41)59-49(42)32-38/h1-24,27-30,32-33,37H,25-26,31H2. The van der Waals surface area contributed by atoms with Gasteiger partial charge in [-0.3, -0.25) is 0 Å². The summed E-state index contributed by atoms with van der Waals surface area (Å²) in [7, 11) is 0. The van der Waals surface area contributed by atoms with E-state index in [9.17, 15) is 0 Å². The van der Waals surface area contributed by atoms with Gasteiger partial charge in [0.2, 0.25) is 0 Å². The molecule has 284 valence electrons. The van der Waals surface area contributed by atoms with Crippen LogP contribution < -0.4 is 0 Å². The van der Waals surface area contributed by atoms with Gasteiger partial charge in [0.05, 0.1) is 0 Å². The first kappa shape index (κ1) is 34.4. The van der Waals surface area contributed by atoms with Crippen LogP contribution in [0, 0.1) is 0 Å². The average Bonchev–Trinajstić information content (AvgIpc) is 3.83. The maximum Gasteiger partial charge on any atom is 0.164 e. The van der Waals surface area contributed by atoms with Gasteiger partial charge in [-0.1, -0.05) is 146 Å². The van der Waals surface area contributed by atoms with E-state index in [-0.39, 0.29) is 0 Å². The smallest absolute Gasteiger partial charge is 0.164 e. The molecule has 12 rings (SSSR count). The fourth-order valence-corrected chi connectivity index (χ4v) is 9.46. The Bertz CT molecular complexity index is 3420. The number of fused-ring (bicyclic) bond motifs is 9. The van der Waals surface area contributed by atoms with Crippen LogP contribution in [0.1, 0.15) is 29.0 Å². The molecule has 0 aliphatic heterocycles. The Morgan fingerprint density at radius 2 is 0.967 bits per heavy atom. The van der Waals surface area contributed by atoms with Gasteiger partial charge < -0.3 is 8.83 Å². The fraction of sp³-hybridized carbons (Fsp3) is 0.0727. The number of aryl methyl sites for hydroxylation is 1. The van der Waals surface area contributed by atoms with E-state index in [1.807, 2.05) is 54.6 Å². The molecule has 0 saturated heterocycles. The van der Waals surface area contributed by atoms with E-state index in [1.54, 1.807) is 0 Å². The molecule has 3 heterocycles. The minimum absolute atomic E-state index is 0.343. The van der Waals surface area contributed by atoms with Crippen LogP contribution in [0.4, 0.5) is 0 Å². The molecule has 60 heavy (non-hydrogen) atoms. The highest BCUT2D eigenvalue weighted by Gasteiger charge is 2.27. The van der Waals surface area contributed by atoms with Gasteiger partial charge in [-0.25, -0.2) is 15.0 Å². The number of rotatable bonds is 6. The molecule has 11 aromatic rings. The average molecular weight is 772 g/mol.